The molecule has 0 spiro atoms. The molecule has 0 fully saturated rings. The summed E-state index contributed by atoms with van der Waals surface area (Å²) in [6.45, 7) is 1.80. The van der Waals surface area contributed by atoms with E-state index >= 15 is 0 Å². The molecule has 4 heteroatoms. The van der Waals surface area contributed by atoms with Crippen molar-refractivity contribution in [3.8, 4) is 0 Å². The van der Waals surface area contributed by atoms with Gasteiger partial charge >= 0.3 is 0 Å². The van der Waals surface area contributed by atoms with Crippen molar-refractivity contribution < 1.29 is 4.84 Å². The van der Waals surface area contributed by atoms with Crippen LogP contribution < -0.4 is 0 Å². The lowest BCUT2D eigenvalue weighted by Crippen LogP contribution is -1.63. The third-order valence-electron chi connectivity index (χ3n) is 0.211. The van der Waals surface area contributed by atoms with E-state index in [4.69, 9.17) is 0 Å². The highest BCUT2D eigenvalue weighted by Gasteiger charge is 1.46. The van der Waals surface area contributed by atoms with Gasteiger partial charge in [0.1, 0.15) is 7.11 Å². The van der Waals surface area contributed by atoms with Gasteiger partial charge in [0.05, 0.1) is 0 Å². The van der Waals surface area contributed by atoms with Crippen LogP contribution in [-0.2, 0) is 4.84 Å². The van der Waals surface area contributed by atoms with Crippen LogP contribution >= 0.6 is 24.8 Å². The average molecular weight is 146 g/mol. The van der Waals surface area contributed by atoms with Crippen LogP contribution in [0.25, 0.3) is 0 Å². The number of halogens is 2. The van der Waals surface area contributed by atoms with Gasteiger partial charge in [0.2, 0.25) is 0 Å². The first kappa shape index (κ1) is 15.7. The highest BCUT2D eigenvalue weighted by Crippen LogP contribution is 1.56. The monoisotopic (exact) mass is 145 g/mol. The van der Waals surface area contributed by atoms with Crippen molar-refractivity contribution in [3.63, 3.8) is 0 Å². The van der Waals surface area contributed by atoms with E-state index in [0.717, 1.165) is 0 Å². The Morgan fingerprint density at radius 2 is 1.86 bits per heavy atom. The van der Waals surface area contributed by atoms with Crippen LogP contribution in [0.5, 0.6) is 0 Å². The standard InChI is InChI=1S/C3H7NO.2ClH/c1-3-4-5-2;;/h3H,1-2H3;2*1H. The second-order valence-corrected chi connectivity index (χ2v) is 0.546. The first-order valence-corrected chi connectivity index (χ1v) is 1.43. The largest absolute Gasteiger partial charge is 0.399 e. The molecule has 0 N–H and O–H groups in total. The van der Waals surface area contributed by atoms with Gasteiger partial charge in [0.25, 0.3) is 0 Å². The topological polar surface area (TPSA) is 21.6 Å². The summed E-state index contributed by atoms with van der Waals surface area (Å²) in [7, 11) is 1.51. The highest BCUT2D eigenvalue weighted by atomic mass is 35.5. The van der Waals surface area contributed by atoms with Gasteiger partial charge < -0.3 is 4.84 Å². The Bertz CT molecular complexity index is 39.9. The maximum absolute atomic E-state index is 4.26. The quantitative estimate of drug-likeness (QED) is 0.405. The molecule has 0 aromatic rings. The predicted molar refractivity (Wildman–Crippen MR) is 35.7 cm³/mol. The molecule has 0 aliphatic heterocycles. The maximum atomic E-state index is 4.26. The summed E-state index contributed by atoms with van der Waals surface area (Å²) in [5.74, 6) is 0. The zero-order chi connectivity index (χ0) is 4.12. The van der Waals surface area contributed by atoms with E-state index in [1.54, 1.807) is 13.1 Å². The number of hydrogen-bond acceptors (Lipinski definition) is 2. The molecule has 0 rings (SSSR count). The molecule has 0 amide bonds. The molecule has 0 atom stereocenters. The summed E-state index contributed by atoms with van der Waals surface area (Å²) in [6, 6.07) is 0. The molecule has 0 aromatic heterocycles. The third kappa shape index (κ3) is 23.6. The molecule has 0 aliphatic carbocycles. The van der Waals surface area contributed by atoms with Gasteiger partial charge in [0.15, 0.2) is 0 Å². The van der Waals surface area contributed by atoms with Crippen molar-refractivity contribution in [2.75, 3.05) is 7.11 Å². The molecule has 46 valence electrons. The minimum atomic E-state index is 0. The molecular weight excluding hydrogens is 137 g/mol. The molecule has 0 saturated carbocycles. The van der Waals surface area contributed by atoms with Gasteiger partial charge in [-0.1, -0.05) is 0 Å². The summed E-state index contributed by atoms with van der Waals surface area (Å²) in [5, 5.41) is 3.35. The second-order valence-electron chi connectivity index (χ2n) is 0.546. The molecule has 0 heterocycles. The zero-order valence-electron chi connectivity index (χ0n) is 4.25. The summed E-state index contributed by atoms with van der Waals surface area (Å²) in [6.07, 6.45) is 1.58. The highest BCUT2D eigenvalue weighted by molar-refractivity contribution is 5.85. The van der Waals surface area contributed by atoms with Gasteiger partial charge in [0, 0.05) is 6.21 Å². The molecule has 0 saturated heterocycles. The lowest BCUT2D eigenvalue weighted by molar-refractivity contribution is 0.215. The van der Waals surface area contributed by atoms with Crippen LogP contribution in [0.15, 0.2) is 5.16 Å². The second kappa shape index (κ2) is 16.6. The summed E-state index contributed by atoms with van der Waals surface area (Å²) < 4.78 is 0. The van der Waals surface area contributed by atoms with E-state index in [2.05, 4.69) is 9.99 Å². The predicted octanol–water partition coefficient (Wildman–Crippen LogP) is 1.48. The summed E-state index contributed by atoms with van der Waals surface area (Å²) >= 11 is 0. The summed E-state index contributed by atoms with van der Waals surface area (Å²) in [5.41, 5.74) is 0. The minimum Gasteiger partial charge on any atom is -0.399 e. The molecule has 0 unspecified atom stereocenters. The van der Waals surface area contributed by atoms with Crippen LogP contribution in [-0.4, -0.2) is 13.3 Å². The molecule has 2 nitrogen and oxygen atoms in total. The fourth-order valence-electron chi connectivity index (χ4n) is 0.105. The van der Waals surface area contributed by atoms with E-state index in [9.17, 15) is 0 Å². The van der Waals surface area contributed by atoms with Crippen molar-refractivity contribution >= 4 is 31.0 Å². The van der Waals surface area contributed by atoms with Crippen LogP contribution in [0.4, 0.5) is 0 Å². The van der Waals surface area contributed by atoms with E-state index in [1.165, 1.54) is 7.11 Å². The van der Waals surface area contributed by atoms with E-state index in [0.29, 0.717) is 0 Å². The number of rotatable bonds is 1. The number of nitrogens with zero attached hydrogens (tertiary/aromatic N) is 1. The van der Waals surface area contributed by atoms with Crippen molar-refractivity contribution in [2.45, 2.75) is 6.92 Å². The van der Waals surface area contributed by atoms with Gasteiger partial charge in [-0.25, -0.2) is 0 Å². The first-order valence-electron chi connectivity index (χ1n) is 1.43. The van der Waals surface area contributed by atoms with Gasteiger partial charge in [-0.2, -0.15) is 0 Å². The molecule has 7 heavy (non-hydrogen) atoms. The Balaban J connectivity index is -0.0000000800. The van der Waals surface area contributed by atoms with Crippen LogP contribution in [0.2, 0.25) is 0 Å². The Morgan fingerprint density at radius 3 is 1.86 bits per heavy atom. The van der Waals surface area contributed by atoms with Gasteiger partial charge in [-0.15, -0.1) is 30.0 Å². The van der Waals surface area contributed by atoms with Crippen LogP contribution in [0, 0.1) is 0 Å². The van der Waals surface area contributed by atoms with E-state index < -0.39 is 0 Å². The van der Waals surface area contributed by atoms with E-state index in [1.807, 2.05) is 0 Å². The first-order chi connectivity index (χ1) is 2.41. The van der Waals surface area contributed by atoms with Crippen LogP contribution in [0.1, 0.15) is 6.92 Å². The third-order valence-corrected chi connectivity index (χ3v) is 0.211. The number of oxime groups is 1. The molecular formula is C3H9Cl2NO. The Hall–Kier alpha value is 0.0500. The molecule has 0 radical (unpaired) electrons. The Morgan fingerprint density at radius 1 is 1.43 bits per heavy atom. The summed E-state index contributed by atoms with van der Waals surface area (Å²) in [4.78, 5) is 4.26. The lowest BCUT2D eigenvalue weighted by Gasteiger charge is -1.75. The average Bonchev–Trinajstić information content (AvgIpc) is 1.41. The normalized spacial score (nSPS) is 6.57. The van der Waals surface area contributed by atoms with Crippen molar-refractivity contribution in [1.29, 1.82) is 0 Å². The maximum Gasteiger partial charge on any atom is 0.106 e. The SMILES string of the molecule is CC=NOC.Cl.Cl. The van der Waals surface area contributed by atoms with Gasteiger partial charge in [-0.3, -0.25) is 0 Å². The molecule has 0 aromatic carbocycles. The fourth-order valence-corrected chi connectivity index (χ4v) is 0.105. The Kier molecular flexibility index (Phi) is 37.3. The van der Waals surface area contributed by atoms with E-state index in [-0.39, 0.29) is 24.8 Å². The fraction of sp³-hybridized carbons (Fsp3) is 0.667. The number of hydrogen-bond donors (Lipinski definition) is 0. The van der Waals surface area contributed by atoms with Gasteiger partial charge in [-0.05, 0) is 6.92 Å². The minimum absolute atomic E-state index is 0. The molecule has 0 aliphatic rings. The van der Waals surface area contributed by atoms with Crippen molar-refractivity contribution in [3.05, 3.63) is 0 Å². The smallest absolute Gasteiger partial charge is 0.106 e. The molecule has 0 bridgehead atoms. The van der Waals surface area contributed by atoms with Crippen molar-refractivity contribution in [1.82, 2.24) is 0 Å². The Labute approximate surface area is 55.7 Å². The van der Waals surface area contributed by atoms with Crippen LogP contribution in [0.3, 0.4) is 0 Å². The van der Waals surface area contributed by atoms with Crippen molar-refractivity contribution in [2.24, 2.45) is 5.16 Å². The zero-order valence-corrected chi connectivity index (χ0v) is 5.88. The lowest BCUT2D eigenvalue weighted by atomic mass is 10.9.